The molecule has 3 heterocycles. The van der Waals surface area contributed by atoms with Crippen LogP contribution in [0.4, 0.5) is 0 Å². The second kappa shape index (κ2) is 3.69. The number of hydrogen-bond acceptors (Lipinski definition) is 4. The number of hydrogen-bond donors (Lipinski definition) is 1. The third-order valence-electron chi connectivity index (χ3n) is 2.11. The maximum Gasteiger partial charge on any atom is 0.225 e. The summed E-state index contributed by atoms with van der Waals surface area (Å²) in [5.74, 6) is 0. The second-order valence-electron chi connectivity index (χ2n) is 3.07. The number of aromatic nitrogens is 4. The van der Waals surface area contributed by atoms with Crippen molar-refractivity contribution in [2.75, 3.05) is 0 Å². The molecule has 16 heavy (non-hydrogen) atoms. The molecular weight excluding hydrogens is 267 g/mol. The van der Waals surface area contributed by atoms with Gasteiger partial charge in [0.05, 0.1) is 27.2 Å². The molecule has 4 nitrogen and oxygen atoms in total. The maximum atomic E-state index is 6.07. The molecule has 0 saturated carbocycles. The van der Waals surface area contributed by atoms with E-state index in [1.807, 2.05) is 11.4 Å². The van der Waals surface area contributed by atoms with Crippen molar-refractivity contribution in [2.24, 2.45) is 0 Å². The molecule has 3 aromatic heterocycles. The van der Waals surface area contributed by atoms with E-state index >= 15 is 0 Å². The number of nitrogens with one attached hydrogen (secondary N) is 1. The lowest BCUT2D eigenvalue weighted by Gasteiger charge is -2.00. The van der Waals surface area contributed by atoms with Crippen molar-refractivity contribution in [1.29, 1.82) is 0 Å². The zero-order valence-electron chi connectivity index (χ0n) is 7.74. The highest BCUT2D eigenvalue weighted by atomic mass is 35.5. The fourth-order valence-corrected chi connectivity index (χ4v) is 2.76. The van der Waals surface area contributed by atoms with Crippen molar-refractivity contribution in [1.82, 2.24) is 20.2 Å². The first-order valence-corrected chi connectivity index (χ1v) is 5.99. The van der Waals surface area contributed by atoms with Gasteiger partial charge in [0.25, 0.3) is 0 Å². The zero-order chi connectivity index (χ0) is 11.1. The Bertz CT molecular complexity index is 660. The second-order valence-corrected chi connectivity index (χ2v) is 4.73. The first-order chi connectivity index (χ1) is 7.75. The summed E-state index contributed by atoms with van der Waals surface area (Å²) in [6.45, 7) is 0. The van der Waals surface area contributed by atoms with Gasteiger partial charge in [-0.3, -0.25) is 5.10 Å². The van der Waals surface area contributed by atoms with E-state index in [9.17, 15) is 0 Å². The third kappa shape index (κ3) is 1.48. The van der Waals surface area contributed by atoms with Gasteiger partial charge in [0.1, 0.15) is 0 Å². The van der Waals surface area contributed by atoms with Gasteiger partial charge in [0.15, 0.2) is 5.65 Å². The molecule has 3 rings (SSSR count). The van der Waals surface area contributed by atoms with E-state index in [0.717, 1.165) is 10.3 Å². The molecule has 0 saturated heterocycles. The molecule has 0 aliphatic carbocycles. The highest BCUT2D eigenvalue weighted by molar-refractivity contribution is 7.14. The Morgan fingerprint density at radius 2 is 2.12 bits per heavy atom. The van der Waals surface area contributed by atoms with E-state index in [2.05, 4.69) is 20.2 Å². The molecule has 0 radical (unpaired) electrons. The number of fused-ring (bicyclic) bond motifs is 1. The summed E-state index contributed by atoms with van der Waals surface area (Å²) in [5, 5.41) is 10.2. The van der Waals surface area contributed by atoms with E-state index in [1.54, 1.807) is 6.20 Å². The van der Waals surface area contributed by atoms with E-state index in [1.165, 1.54) is 11.3 Å². The standard InChI is InChI=1S/C9H4Cl2N4S/c10-5-1-2-16-7(5)6-4-3-12-15-8(4)14-9(11)13-6/h1-3H,(H,12,13,14,15). The van der Waals surface area contributed by atoms with Crippen LogP contribution in [0.25, 0.3) is 21.6 Å². The summed E-state index contributed by atoms with van der Waals surface area (Å²) in [6, 6.07) is 1.82. The molecule has 0 amide bonds. The van der Waals surface area contributed by atoms with Crippen LogP contribution in [0.3, 0.4) is 0 Å². The smallest absolute Gasteiger partial charge is 0.225 e. The number of aromatic amines is 1. The summed E-state index contributed by atoms with van der Waals surface area (Å²) in [6.07, 6.45) is 1.66. The molecule has 3 aromatic rings. The van der Waals surface area contributed by atoms with Crippen LogP contribution in [0, 0.1) is 0 Å². The Hall–Kier alpha value is -1.17. The fraction of sp³-hybridized carbons (Fsp3) is 0. The highest BCUT2D eigenvalue weighted by Crippen LogP contribution is 2.35. The predicted octanol–water partition coefficient (Wildman–Crippen LogP) is 3.39. The fourth-order valence-electron chi connectivity index (χ4n) is 1.44. The average molecular weight is 271 g/mol. The maximum absolute atomic E-state index is 6.07. The Morgan fingerprint density at radius 1 is 1.25 bits per heavy atom. The van der Waals surface area contributed by atoms with Crippen molar-refractivity contribution >= 4 is 45.6 Å². The van der Waals surface area contributed by atoms with Gasteiger partial charge in [-0.2, -0.15) is 10.1 Å². The highest BCUT2D eigenvalue weighted by Gasteiger charge is 2.14. The Labute approximate surface area is 104 Å². The van der Waals surface area contributed by atoms with Crippen LogP contribution in [0.15, 0.2) is 17.6 Å². The molecule has 0 spiro atoms. The van der Waals surface area contributed by atoms with Gasteiger partial charge in [-0.1, -0.05) is 11.6 Å². The molecule has 0 atom stereocenters. The van der Waals surface area contributed by atoms with Crippen LogP contribution in [0.2, 0.25) is 10.3 Å². The Morgan fingerprint density at radius 3 is 2.88 bits per heavy atom. The van der Waals surface area contributed by atoms with Crippen LogP contribution in [-0.4, -0.2) is 20.2 Å². The molecule has 7 heteroatoms. The van der Waals surface area contributed by atoms with Gasteiger partial charge in [-0.15, -0.1) is 11.3 Å². The van der Waals surface area contributed by atoms with Crippen LogP contribution in [0.1, 0.15) is 0 Å². The van der Waals surface area contributed by atoms with Gasteiger partial charge < -0.3 is 0 Å². The van der Waals surface area contributed by atoms with Crippen molar-refractivity contribution in [2.45, 2.75) is 0 Å². The van der Waals surface area contributed by atoms with Gasteiger partial charge in [0.2, 0.25) is 5.28 Å². The molecular formula is C9H4Cl2N4S. The molecule has 0 unspecified atom stereocenters. The average Bonchev–Trinajstić information content (AvgIpc) is 2.84. The monoisotopic (exact) mass is 270 g/mol. The molecule has 0 bridgehead atoms. The van der Waals surface area contributed by atoms with Crippen LogP contribution in [-0.2, 0) is 0 Å². The van der Waals surface area contributed by atoms with E-state index < -0.39 is 0 Å². The summed E-state index contributed by atoms with van der Waals surface area (Å²) >= 11 is 13.4. The minimum atomic E-state index is 0.177. The van der Waals surface area contributed by atoms with E-state index in [4.69, 9.17) is 23.2 Å². The summed E-state index contributed by atoms with van der Waals surface area (Å²) < 4.78 is 0. The SMILES string of the molecule is Clc1nc(-c2sccc2Cl)c2cn[nH]c2n1. The molecule has 0 fully saturated rings. The van der Waals surface area contributed by atoms with Crippen molar-refractivity contribution < 1.29 is 0 Å². The van der Waals surface area contributed by atoms with Gasteiger partial charge in [0, 0.05) is 0 Å². The van der Waals surface area contributed by atoms with E-state index in [0.29, 0.717) is 16.4 Å². The number of thiophene rings is 1. The van der Waals surface area contributed by atoms with Gasteiger partial charge in [-0.25, -0.2) is 4.98 Å². The Kier molecular flexibility index (Phi) is 2.31. The normalized spacial score (nSPS) is 11.1. The van der Waals surface area contributed by atoms with Crippen molar-refractivity contribution in [3.8, 4) is 10.6 Å². The number of rotatable bonds is 1. The quantitative estimate of drug-likeness (QED) is 0.690. The third-order valence-corrected chi connectivity index (χ3v) is 3.63. The topological polar surface area (TPSA) is 54.5 Å². The van der Waals surface area contributed by atoms with Crippen LogP contribution in [0.5, 0.6) is 0 Å². The lowest BCUT2D eigenvalue weighted by Crippen LogP contribution is -1.88. The molecule has 1 N–H and O–H groups in total. The summed E-state index contributed by atoms with van der Waals surface area (Å²) in [5.41, 5.74) is 1.32. The molecule has 0 aliphatic rings. The first-order valence-electron chi connectivity index (χ1n) is 4.35. The zero-order valence-corrected chi connectivity index (χ0v) is 10.1. The predicted molar refractivity (Wildman–Crippen MR) is 65.0 cm³/mol. The molecule has 0 aromatic carbocycles. The van der Waals surface area contributed by atoms with Crippen LogP contribution < -0.4 is 0 Å². The molecule has 0 aliphatic heterocycles. The van der Waals surface area contributed by atoms with Crippen molar-refractivity contribution in [3.63, 3.8) is 0 Å². The minimum absolute atomic E-state index is 0.177. The number of halogens is 2. The molecule has 80 valence electrons. The van der Waals surface area contributed by atoms with Crippen molar-refractivity contribution in [3.05, 3.63) is 27.9 Å². The number of H-pyrrole nitrogens is 1. The lowest BCUT2D eigenvalue weighted by molar-refractivity contribution is 1.09. The van der Waals surface area contributed by atoms with Crippen LogP contribution >= 0.6 is 34.5 Å². The first kappa shape index (κ1) is 10.0. The van der Waals surface area contributed by atoms with E-state index in [-0.39, 0.29) is 5.28 Å². The Balaban J connectivity index is 2.38. The number of nitrogens with zero attached hydrogens (tertiary/aromatic N) is 3. The minimum Gasteiger partial charge on any atom is -0.261 e. The van der Waals surface area contributed by atoms with Gasteiger partial charge in [-0.05, 0) is 23.0 Å². The summed E-state index contributed by atoms with van der Waals surface area (Å²) in [7, 11) is 0. The summed E-state index contributed by atoms with van der Waals surface area (Å²) in [4.78, 5) is 9.10. The van der Waals surface area contributed by atoms with Gasteiger partial charge >= 0.3 is 0 Å². The largest absolute Gasteiger partial charge is 0.261 e. The lowest BCUT2D eigenvalue weighted by atomic mass is 10.2.